The molecular formula is C27H24. The first-order chi connectivity index (χ1) is 13.1. The average molecular weight is 348 g/mol. The van der Waals surface area contributed by atoms with Gasteiger partial charge >= 0.3 is 0 Å². The summed E-state index contributed by atoms with van der Waals surface area (Å²) in [5, 5.41) is 0. The van der Waals surface area contributed by atoms with Crippen LogP contribution in [0.2, 0.25) is 0 Å². The third-order valence-corrected chi connectivity index (χ3v) is 5.16. The second-order valence-corrected chi connectivity index (χ2v) is 7.34. The normalized spacial score (nSPS) is 10.8. The molecule has 0 heteroatoms. The van der Waals surface area contributed by atoms with Crippen molar-refractivity contribution in [2.75, 3.05) is 0 Å². The molecular weight excluding hydrogens is 324 g/mol. The molecule has 27 heavy (non-hydrogen) atoms. The van der Waals surface area contributed by atoms with Gasteiger partial charge in [0.05, 0.1) is 0 Å². The fourth-order valence-electron chi connectivity index (χ4n) is 3.58. The highest BCUT2D eigenvalue weighted by Gasteiger charge is 2.06. The first kappa shape index (κ1) is 17.3. The number of rotatable bonds is 3. The van der Waals surface area contributed by atoms with Crippen LogP contribution < -0.4 is 0 Å². The molecule has 0 aliphatic carbocycles. The van der Waals surface area contributed by atoms with E-state index in [4.69, 9.17) is 0 Å². The Morgan fingerprint density at radius 1 is 0.407 bits per heavy atom. The number of benzene rings is 4. The lowest BCUT2D eigenvalue weighted by Gasteiger charge is -2.11. The van der Waals surface area contributed by atoms with Crippen LogP contribution in [0.25, 0.3) is 33.4 Å². The van der Waals surface area contributed by atoms with Crippen LogP contribution in [0.15, 0.2) is 91.0 Å². The van der Waals surface area contributed by atoms with Crippen LogP contribution in [0.5, 0.6) is 0 Å². The lowest BCUT2D eigenvalue weighted by Crippen LogP contribution is -1.87. The van der Waals surface area contributed by atoms with Gasteiger partial charge in [0.2, 0.25) is 0 Å². The first-order valence-electron chi connectivity index (χ1n) is 9.45. The zero-order valence-corrected chi connectivity index (χ0v) is 16.2. The fraction of sp³-hybridized carbons (Fsp3) is 0.111. The van der Waals surface area contributed by atoms with Crippen molar-refractivity contribution in [2.24, 2.45) is 0 Å². The van der Waals surface area contributed by atoms with E-state index in [1.165, 1.54) is 50.1 Å². The maximum absolute atomic E-state index is 2.29. The molecule has 0 radical (unpaired) electrons. The molecule has 4 aromatic rings. The van der Waals surface area contributed by atoms with E-state index in [0.717, 1.165) is 0 Å². The molecule has 0 unspecified atom stereocenters. The Balaban J connectivity index is 1.64. The van der Waals surface area contributed by atoms with Crippen molar-refractivity contribution < 1.29 is 0 Å². The van der Waals surface area contributed by atoms with E-state index in [9.17, 15) is 0 Å². The molecule has 0 amide bonds. The summed E-state index contributed by atoms with van der Waals surface area (Å²) in [5.41, 5.74) is 11.5. The van der Waals surface area contributed by atoms with Crippen LogP contribution in [0.4, 0.5) is 0 Å². The Kier molecular flexibility index (Phi) is 4.64. The summed E-state index contributed by atoms with van der Waals surface area (Å²) in [6.07, 6.45) is 0. The Labute approximate surface area is 162 Å². The predicted octanol–water partition coefficient (Wildman–Crippen LogP) is 7.61. The molecule has 4 rings (SSSR count). The Bertz CT molecular complexity index is 1070. The summed E-state index contributed by atoms with van der Waals surface area (Å²) in [4.78, 5) is 0. The number of hydrogen-bond donors (Lipinski definition) is 0. The lowest BCUT2D eigenvalue weighted by atomic mass is 9.94. The van der Waals surface area contributed by atoms with Crippen molar-refractivity contribution in [2.45, 2.75) is 20.8 Å². The van der Waals surface area contributed by atoms with Gasteiger partial charge in [0.25, 0.3) is 0 Å². The smallest absolute Gasteiger partial charge is 0.0154 e. The first-order valence-corrected chi connectivity index (χ1v) is 9.45. The van der Waals surface area contributed by atoms with E-state index < -0.39 is 0 Å². The van der Waals surface area contributed by atoms with Gasteiger partial charge in [-0.2, -0.15) is 0 Å². The van der Waals surface area contributed by atoms with E-state index in [1.54, 1.807) is 0 Å². The third-order valence-electron chi connectivity index (χ3n) is 5.16. The SMILES string of the molecule is Cc1ccc(-c2ccc(-c3ccc(-c4cccc(C)c4)cc3C)cc2)cc1. The monoisotopic (exact) mass is 348 g/mol. The van der Waals surface area contributed by atoms with Gasteiger partial charge in [0.15, 0.2) is 0 Å². The maximum Gasteiger partial charge on any atom is -0.0154 e. The molecule has 4 aromatic carbocycles. The van der Waals surface area contributed by atoms with E-state index in [2.05, 4.69) is 112 Å². The quantitative estimate of drug-likeness (QED) is 0.357. The van der Waals surface area contributed by atoms with Gasteiger partial charge in [0, 0.05) is 0 Å². The van der Waals surface area contributed by atoms with Crippen LogP contribution >= 0.6 is 0 Å². The Hall–Kier alpha value is -3.12. The van der Waals surface area contributed by atoms with E-state index in [0.29, 0.717) is 0 Å². The summed E-state index contributed by atoms with van der Waals surface area (Å²) in [5.74, 6) is 0. The standard InChI is InChI=1S/C27H24/c1-19-7-9-22(10-8-19)23-11-13-24(14-12-23)27-16-15-26(18-21(27)3)25-6-4-5-20(2)17-25/h4-18H,1-3H3. The Morgan fingerprint density at radius 2 is 0.963 bits per heavy atom. The second-order valence-electron chi connectivity index (χ2n) is 7.34. The molecule has 0 aromatic heterocycles. The van der Waals surface area contributed by atoms with Crippen LogP contribution in [-0.2, 0) is 0 Å². The van der Waals surface area contributed by atoms with Gasteiger partial charge in [-0.15, -0.1) is 0 Å². The topological polar surface area (TPSA) is 0 Å². The van der Waals surface area contributed by atoms with Crippen LogP contribution in [0.3, 0.4) is 0 Å². The van der Waals surface area contributed by atoms with Crippen molar-refractivity contribution >= 4 is 0 Å². The minimum atomic E-state index is 1.26. The molecule has 0 fully saturated rings. The molecule has 0 saturated carbocycles. The highest BCUT2D eigenvalue weighted by Crippen LogP contribution is 2.30. The highest BCUT2D eigenvalue weighted by atomic mass is 14.1. The van der Waals surface area contributed by atoms with Crippen molar-refractivity contribution in [1.82, 2.24) is 0 Å². The summed E-state index contributed by atoms with van der Waals surface area (Å²) < 4.78 is 0. The van der Waals surface area contributed by atoms with Crippen molar-refractivity contribution in [3.63, 3.8) is 0 Å². The van der Waals surface area contributed by atoms with Gasteiger partial charge in [0.1, 0.15) is 0 Å². The molecule has 0 atom stereocenters. The van der Waals surface area contributed by atoms with Crippen LogP contribution in [0.1, 0.15) is 16.7 Å². The van der Waals surface area contributed by atoms with Gasteiger partial charge < -0.3 is 0 Å². The molecule has 0 nitrogen and oxygen atoms in total. The summed E-state index contributed by atoms with van der Waals surface area (Å²) in [6.45, 7) is 6.46. The van der Waals surface area contributed by atoms with Crippen LogP contribution in [-0.4, -0.2) is 0 Å². The average Bonchev–Trinajstić information content (AvgIpc) is 2.69. The molecule has 0 spiro atoms. The number of hydrogen-bond acceptors (Lipinski definition) is 0. The molecule has 0 saturated heterocycles. The van der Waals surface area contributed by atoms with Crippen molar-refractivity contribution in [1.29, 1.82) is 0 Å². The van der Waals surface area contributed by atoms with E-state index in [-0.39, 0.29) is 0 Å². The fourth-order valence-corrected chi connectivity index (χ4v) is 3.58. The molecule has 0 bridgehead atoms. The Morgan fingerprint density at radius 3 is 1.59 bits per heavy atom. The van der Waals surface area contributed by atoms with Gasteiger partial charge in [-0.25, -0.2) is 0 Å². The molecule has 132 valence electrons. The van der Waals surface area contributed by atoms with E-state index >= 15 is 0 Å². The van der Waals surface area contributed by atoms with Gasteiger partial charge in [-0.3, -0.25) is 0 Å². The summed E-state index contributed by atoms with van der Waals surface area (Å²) in [7, 11) is 0. The molecule has 0 heterocycles. The maximum atomic E-state index is 2.29. The minimum absolute atomic E-state index is 1.26. The molecule has 0 aliphatic heterocycles. The summed E-state index contributed by atoms with van der Waals surface area (Å²) >= 11 is 0. The summed E-state index contributed by atoms with van der Waals surface area (Å²) in [6, 6.07) is 33.0. The largest absolute Gasteiger partial charge is 0.0614 e. The predicted molar refractivity (Wildman–Crippen MR) is 117 cm³/mol. The molecule has 0 aliphatic rings. The van der Waals surface area contributed by atoms with Crippen molar-refractivity contribution in [3.8, 4) is 33.4 Å². The van der Waals surface area contributed by atoms with Gasteiger partial charge in [-0.1, -0.05) is 102 Å². The van der Waals surface area contributed by atoms with Gasteiger partial charge in [-0.05, 0) is 59.7 Å². The second kappa shape index (κ2) is 7.25. The minimum Gasteiger partial charge on any atom is -0.0614 e. The third kappa shape index (κ3) is 3.71. The number of aryl methyl sites for hydroxylation is 3. The molecule has 0 N–H and O–H groups in total. The zero-order chi connectivity index (χ0) is 18.8. The highest BCUT2D eigenvalue weighted by molar-refractivity contribution is 5.76. The lowest BCUT2D eigenvalue weighted by molar-refractivity contribution is 1.43. The van der Waals surface area contributed by atoms with Crippen LogP contribution in [0, 0.1) is 20.8 Å². The van der Waals surface area contributed by atoms with Crippen molar-refractivity contribution in [3.05, 3.63) is 108 Å². The zero-order valence-electron chi connectivity index (χ0n) is 16.2. The van der Waals surface area contributed by atoms with E-state index in [1.807, 2.05) is 0 Å².